The van der Waals surface area contributed by atoms with Crippen molar-refractivity contribution in [3.8, 4) is 0 Å². The fourth-order valence-corrected chi connectivity index (χ4v) is 1.90. The molecule has 59 valence electrons. The summed E-state index contributed by atoms with van der Waals surface area (Å²) in [5, 5.41) is 0.525. The second-order valence-electron chi connectivity index (χ2n) is 1.91. The zero-order chi connectivity index (χ0) is 8.48. The van der Waals surface area contributed by atoms with Gasteiger partial charge in [0.25, 0.3) is 0 Å². The van der Waals surface area contributed by atoms with Gasteiger partial charge in [-0.15, -0.1) is 0 Å². The third-order valence-corrected chi connectivity index (χ3v) is 3.42. The maximum absolute atomic E-state index is 10.8. The van der Waals surface area contributed by atoms with Crippen LogP contribution < -0.4 is 0 Å². The third-order valence-electron chi connectivity index (χ3n) is 1.10. The Morgan fingerprint density at radius 1 is 1.18 bits per heavy atom. The number of hydrogen-bond acceptors (Lipinski definition) is 2. The van der Waals surface area contributed by atoms with E-state index in [9.17, 15) is 8.42 Å². The molecule has 0 aromatic heterocycles. The van der Waals surface area contributed by atoms with Crippen LogP contribution in [0.1, 0.15) is 0 Å². The van der Waals surface area contributed by atoms with Crippen molar-refractivity contribution < 1.29 is 8.42 Å². The van der Waals surface area contributed by atoms with E-state index in [1.165, 1.54) is 24.3 Å². The van der Waals surface area contributed by atoms with Crippen LogP contribution >= 0.6 is 11.6 Å². The van der Waals surface area contributed by atoms with Gasteiger partial charge >= 0.3 is 77.3 Å². The van der Waals surface area contributed by atoms with Gasteiger partial charge in [-0.3, -0.25) is 0 Å². The van der Waals surface area contributed by atoms with Crippen molar-refractivity contribution in [2.45, 2.75) is 4.90 Å². The average molecular weight is 255 g/mol. The van der Waals surface area contributed by atoms with E-state index in [0.29, 0.717) is 5.02 Å². The summed E-state index contributed by atoms with van der Waals surface area (Å²) in [5.74, 6) is 0. The fraction of sp³-hybridized carbons (Fsp3) is 0. The first kappa shape index (κ1) is 9.07. The molecule has 0 amide bonds. The second kappa shape index (κ2) is 3.15. The monoisotopic (exact) mass is 255 g/mol. The van der Waals surface area contributed by atoms with Gasteiger partial charge in [-0.25, -0.2) is 0 Å². The predicted octanol–water partition coefficient (Wildman–Crippen LogP) is 1.20. The van der Waals surface area contributed by atoms with Gasteiger partial charge in [0.2, 0.25) is 0 Å². The van der Waals surface area contributed by atoms with Gasteiger partial charge in [0.05, 0.1) is 0 Å². The number of halogens is 1. The first-order chi connectivity index (χ1) is 5.00. The Bertz CT molecular complexity index is 343. The molecule has 0 unspecified atom stereocenters. The van der Waals surface area contributed by atoms with E-state index in [2.05, 4.69) is 14.9 Å². The Morgan fingerprint density at radius 3 is 2.00 bits per heavy atom. The number of rotatable bonds is 1. The Kier molecular flexibility index (Phi) is 2.60. The molecular formula is C6H4ClO2SSe. The Balaban J connectivity index is 3.20. The molecule has 0 heterocycles. The molecule has 0 aliphatic rings. The molecule has 1 rings (SSSR count). The first-order valence-corrected chi connectivity index (χ1v) is 6.60. The van der Waals surface area contributed by atoms with Crippen molar-refractivity contribution in [3.05, 3.63) is 29.3 Å². The molecule has 11 heavy (non-hydrogen) atoms. The summed E-state index contributed by atoms with van der Waals surface area (Å²) in [7, 11) is -3.20. The topological polar surface area (TPSA) is 34.1 Å². The Morgan fingerprint density at radius 2 is 1.64 bits per heavy atom. The molecular weight excluding hydrogens is 251 g/mol. The van der Waals surface area contributed by atoms with E-state index in [1.807, 2.05) is 0 Å². The Labute approximate surface area is 77.4 Å². The summed E-state index contributed by atoms with van der Waals surface area (Å²) in [5.41, 5.74) is 0. The molecule has 0 saturated heterocycles. The average Bonchev–Trinajstić information content (AvgIpc) is 1.86. The summed E-state index contributed by atoms with van der Waals surface area (Å²) in [4.78, 5) is 0.238. The standard InChI is InChI=1S/C6H4ClO2SSe/c7-5-1-3-6(4-2-5)10(8,9)11/h1-4H. The fourth-order valence-electron chi connectivity index (χ4n) is 0.601. The minimum absolute atomic E-state index is 0.238. The van der Waals surface area contributed by atoms with Crippen LogP contribution in [0.5, 0.6) is 0 Å². The molecule has 0 aliphatic carbocycles. The second-order valence-corrected chi connectivity index (χ2v) is 6.49. The van der Waals surface area contributed by atoms with Crippen LogP contribution in [-0.2, 0) is 8.26 Å². The van der Waals surface area contributed by atoms with E-state index in [4.69, 9.17) is 11.6 Å². The minimum atomic E-state index is -3.20. The van der Waals surface area contributed by atoms with Crippen molar-refractivity contribution >= 4 is 34.7 Å². The van der Waals surface area contributed by atoms with Gasteiger partial charge in [-0.05, 0) is 0 Å². The molecule has 1 aromatic carbocycles. The quantitative estimate of drug-likeness (QED) is 0.706. The van der Waals surface area contributed by atoms with E-state index in [1.54, 1.807) is 0 Å². The van der Waals surface area contributed by atoms with Gasteiger partial charge in [0.15, 0.2) is 0 Å². The van der Waals surface area contributed by atoms with Gasteiger partial charge in [0.1, 0.15) is 0 Å². The summed E-state index contributed by atoms with van der Waals surface area (Å²) in [6, 6.07) is 5.97. The van der Waals surface area contributed by atoms with Crippen LogP contribution in [0.2, 0.25) is 5.02 Å². The van der Waals surface area contributed by atoms with E-state index in [0.717, 1.165) is 0 Å². The molecule has 0 N–H and O–H groups in total. The molecule has 0 bridgehead atoms. The third kappa shape index (κ3) is 2.49. The molecule has 0 fully saturated rings. The molecule has 0 aliphatic heterocycles. The predicted molar refractivity (Wildman–Crippen MR) is 44.4 cm³/mol. The summed E-state index contributed by atoms with van der Waals surface area (Å²) in [6.45, 7) is 0. The zero-order valence-electron chi connectivity index (χ0n) is 5.32. The van der Waals surface area contributed by atoms with Crippen LogP contribution in [0.25, 0.3) is 0 Å². The molecule has 1 aromatic rings. The van der Waals surface area contributed by atoms with Crippen molar-refractivity contribution in [3.63, 3.8) is 0 Å². The van der Waals surface area contributed by atoms with Crippen molar-refractivity contribution in [1.29, 1.82) is 0 Å². The zero-order valence-corrected chi connectivity index (χ0v) is 8.61. The van der Waals surface area contributed by atoms with Gasteiger partial charge in [0, 0.05) is 0 Å². The molecule has 2 nitrogen and oxygen atoms in total. The van der Waals surface area contributed by atoms with Crippen molar-refractivity contribution in [1.82, 2.24) is 0 Å². The van der Waals surface area contributed by atoms with Crippen molar-refractivity contribution in [2.75, 3.05) is 0 Å². The number of benzene rings is 1. The van der Waals surface area contributed by atoms with Crippen LogP contribution in [0.15, 0.2) is 29.2 Å². The van der Waals surface area contributed by atoms with Crippen LogP contribution in [0.3, 0.4) is 0 Å². The molecule has 0 saturated carbocycles. The van der Waals surface area contributed by atoms with Gasteiger partial charge < -0.3 is 0 Å². The Hall–Kier alpha value is -0.0205. The van der Waals surface area contributed by atoms with E-state index in [-0.39, 0.29) is 4.90 Å². The van der Waals surface area contributed by atoms with Crippen molar-refractivity contribution in [2.24, 2.45) is 0 Å². The van der Waals surface area contributed by atoms with E-state index < -0.39 is 8.26 Å². The van der Waals surface area contributed by atoms with Gasteiger partial charge in [-0.1, -0.05) is 0 Å². The van der Waals surface area contributed by atoms with Crippen LogP contribution in [0, 0.1) is 0 Å². The SMILES string of the molecule is O=S(=O)([Se])c1ccc(Cl)cc1. The maximum atomic E-state index is 10.8. The summed E-state index contributed by atoms with van der Waals surface area (Å²) >= 11 is 7.64. The van der Waals surface area contributed by atoms with E-state index >= 15 is 0 Å². The molecule has 0 atom stereocenters. The molecule has 5 heteroatoms. The van der Waals surface area contributed by atoms with Gasteiger partial charge in [-0.2, -0.15) is 0 Å². The first-order valence-electron chi connectivity index (χ1n) is 2.71. The van der Waals surface area contributed by atoms with Crippen LogP contribution in [0.4, 0.5) is 0 Å². The van der Waals surface area contributed by atoms with Crippen LogP contribution in [-0.4, -0.2) is 23.3 Å². The molecule has 1 radical (unpaired) electrons. The summed E-state index contributed by atoms with van der Waals surface area (Å²) in [6.07, 6.45) is 0. The summed E-state index contributed by atoms with van der Waals surface area (Å²) < 4.78 is 21.7. The molecule has 0 spiro atoms. The number of hydrogen-bond donors (Lipinski definition) is 0. The normalized spacial score (nSPS) is 11.5.